The summed E-state index contributed by atoms with van der Waals surface area (Å²) in [4.78, 5) is 40.7. The molecule has 27 heavy (non-hydrogen) atoms. The molecule has 1 unspecified atom stereocenters. The first kappa shape index (κ1) is 20.8. The summed E-state index contributed by atoms with van der Waals surface area (Å²) in [6, 6.07) is -0.0563. The highest BCUT2D eigenvalue weighted by Crippen LogP contribution is 2.35. The number of ketones is 2. The lowest BCUT2D eigenvalue weighted by atomic mass is 10.0. The van der Waals surface area contributed by atoms with Crippen molar-refractivity contribution in [2.75, 3.05) is 19.6 Å². The highest BCUT2D eigenvalue weighted by atomic mass is 79.9. The van der Waals surface area contributed by atoms with Crippen molar-refractivity contribution in [1.82, 2.24) is 9.80 Å². The third-order valence-electron chi connectivity index (χ3n) is 5.43. The van der Waals surface area contributed by atoms with Crippen LogP contribution in [0.3, 0.4) is 0 Å². The zero-order valence-electron chi connectivity index (χ0n) is 16.6. The van der Waals surface area contributed by atoms with Crippen LogP contribution in [0.25, 0.3) is 0 Å². The van der Waals surface area contributed by atoms with Crippen LogP contribution in [-0.2, 0) is 14.3 Å². The van der Waals surface area contributed by atoms with Gasteiger partial charge in [0, 0.05) is 31.0 Å². The number of amides is 1. The van der Waals surface area contributed by atoms with E-state index < -0.39 is 16.6 Å². The van der Waals surface area contributed by atoms with E-state index in [1.807, 2.05) is 20.8 Å². The van der Waals surface area contributed by atoms with E-state index in [-0.39, 0.29) is 23.7 Å². The number of halogens is 1. The van der Waals surface area contributed by atoms with Crippen LogP contribution in [0.1, 0.15) is 59.3 Å². The lowest BCUT2D eigenvalue weighted by Gasteiger charge is -2.40. The topological polar surface area (TPSA) is 66.9 Å². The second kappa shape index (κ2) is 8.19. The minimum atomic E-state index is -0.635. The molecule has 1 amide bonds. The molecule has 152 valence electrons. The summed E-state index contributed by atoms with van der Waals surface area (Å²) < 4.78 is 5.59. The van der Waals surface area contributed by atoms with E-state index in [1.54, 1.807) is 4.90 Å². The van der Waals surface area contributed by atoms with Gasteiger partial charge in [0.1, 0.15) is 16.3 Å². The highest BCUT2D eigenvalue weighted by Gasteiger charge is 2.43. The molecular weight excluding hydrogens is 412 g/mol. The van der Waals surface area contributed by atoms with E-state index in [9.17, 15) is 14.4 Å². The van der Waals surface area contributed by atoms with E-state index in [0.29, 0.717) is 12.3 Å². The molecule has 0 aromatic heterocycles. The van der Waals surface area contributed by atoms with Crippen LogP contribution in [0.2, 0.25) is 0 Å². The van der Waals surface area contributed by atoms with Gasteiger partial charge >= 0.3 is 6.09 Å². The van der Waals surface area contributed by atoms with Crippen molar-refractivity contribution in [3.8, 4) is 0 Å². The second-order valence-electron chi connectivity index (χ2n) is 9.15. The van der Waals surface area contributed by atoms with Crippen LogP contribution >= 0.6 is 15.9 Å². The molecule has 2 saturated carbocycles. The third kappa shape index (κ3) is 5.76. The molecule has 0 aromatic carbocycles. The predicted octanol–water partition coefficient (Wildman–Crippen LogP) is 3.37. The molecule has 1 atom stereocenters. The van der Waals surface area contributed by atoms with Gasteiger partial charge in [0.25, 0.3) is 0 Å². The maximum Gasteiger partial charge on any atom is 0.411 e. The molecule has 2 aliphatic carbocycles. The molecule has 3 fully saturated rings. The van der Waals surface area contributed by atoms with Crippen LogP contribution in [0, 0.1) is 11.8 Å². The Morgan fingerprint density at radius 3 is 2.07 bits per heavy atom. The fourth-order valence-corrected chi connectivity index (χ4v) is 4.43. The number of hydrogen-bond acceptors (Lipinski definition) is 5. The van der Waals surface area contributed by atoms with Crippen LogP contribution in [0.15, 0.2) is 0 Å². The number of likely N-dealkylation sites (tertiary alicyclic amines) is 1. The SMILES string of the molecule is CC(C)(C)OC(=O)N(C1CCN(CC(=O)C2CC2)CC1)C(Br)C(=O)C1CC1. The quantitative estimate of drug-likeness (QED) is 0.446. The molecular formula is C20H31BrN2O4. The second-order valence-corrected chi connectivity index (χ2v) is 10.0. The normalized spacial score (nSPS) is 23.0. The van der Waals surface area contributed by atoms with Crippen LogP contribution < -0.4 is 0 Å². The summed E-state index contributed by atoms with van der Waals surface area (Å²) in [5, 5.41) is 0. The summed E-state index contributed by atoms with van der Waals surface area (Å²) >= 11 is 3.48. The molecule has 1 saturated heterocycles. The van der Waals surface area contributed by atoms with Crippen molar-refractivity contribution in [2.45, 2.75) is 75.9 Å². The Bertz CT molecular complexity index is 587. The van der Waals surface area contributed by atoms with E-state index in [0.717, 1.165) is 51.6 Å². The van der Waals surface area contributed by atoms with Gasteiger partial charge in [-0.3, -0.25) is 19.4 Å². The Hall–Kier alpha value is -0.950. The number of nitrogens with zero attached hydrogens (tertiary/aromatic N) is 2. The fourth-order valence-electron chi connectivity index (χ4n) is 3.55. The van der Waals surface area contributed by atoms with Gasteiger partial charge in [0.2, 0.25) is 0 Å². The molecule has 1 aliphatic heterocycles. The smallest absolute Gasteiger partial charge is 0.411 e. The number of ether oxygens (including phenoxy) is 1. The summed E-state index contributed by atoms with van der Waals surface area (Å²) in [6.07, 6.45) is 4.95. The Balaban J connectivity index is 1.62. The first-order chi connectivity index (χ1) is 12.7. The molecule has 0 N–H and O–H groups in total. The standard InChI is InChI=1S/C20H31BrN2O4/c1-20(2,3)27-19(26)23(18(21)17(25)14-6-7-14)15-8-10-22(11-9-15)12-16(24)13-4-5-13/h13-15,18H,4-12H2,1-3H3. The van der Waals surface area contributed by atoms with Gasteiger partial charge in [0.15, 0.2) is 5.78 Å². The van der Waals surface area contributed by atoms with Crippen molar-refractivity contribution >= 4 is 33.6 Å². The Labute approximate surface area is 170 Å². The number of hydrogen-bond donors (Lipinski definition) is 0. The Kier molecular flexibility index (Phi) is 6.31. The van der Waals surface area contributed by atoms with E-state index in [4.69, 9.17) is 4.74 Å². The minimum Gasteiger partial charge on any atom is -0.444 e. The molecule has 3 rings (SSSR count). The number of Topliss-reactive ketones (excluding diaryl/α,β-unsaturated/α-hetero) is 2. The van der Waals surface area contributed by atoms with Gasteiger partial charge in [-0.05, 0) is 59.3 Å². The maximum absolute atomic E-state index is 12.9. The van der Waals surface area contributed by atoms with Gasteiger partial charge in [-0.1, -0.05) is 15.9 Å². The first-order valence-corrected chi connectivity index (χ1v) is 11.0. The Morgan fingerprint density at radius 1 is 1.04 bits per heavy atom. The molecule has 0 spiro atoms. The number of carbonyl (C=O) groups excluding carboxylic acids is 3. The molecule has 7 heteroatoms. The van der Waals surface area contributed by atoms with Crippen molar-refractivity contribution in [2.24, 2.45) is 11.8 Å². The fraction of sp³-hybridized carbons (Fsp3) is 0.850. The average molecular weight is 443 g/mol. The predicted molar refractivity (Wildman–Crippen MR) is 106 cm³/mol. The minimum absolute atomic E-state index is 0.0563. The molecule has 0 bridgehead atoms. The highest BCUT2D eigenvalue weighted by molar-refractivity contribution is 9.10. The van der Waals surface area contributed by atoms with Crippen molar-refractivity contribution in [3.63, 3.8) is 0 Å². The molecule has 0 aromatic rings. The van der Waals surface area contributed by atoms with Crippen LogP contribution in [-0.4, -0.2) is 63.7 Å². The van der Waals surface area contributed by atoms with Crippen molar-refractivity contribution < 1.29 is 19.1 Å². The average Bonchev–Trinajstić information content (AvgIpc) is 3.47. The first-order valence-electron chi connectivity index (χ1n) is 10.1. The lowest BCUT2D eigenvalue weighted by Crippen LogP contribution is -2.54. The summed E-state index contributed by atoms with van der Waals surface area (Å²) in [6.45, 7) is 7.55. The number of carbonyl (C=O) groups is 3. The Morgan fingerprint density at radius 2 is 1.59 bits per heavy atom. The summed E-state index contributed by atoms with van der Waals surface area (Å²) in [5.41, 5.74) is -0.609. The monoisotopic (exact) mass is 442 g/mol. The van der Waals surface area contributed by atoms with Gasteiger partial charge in [-0.2, -0.15) is 0 Å². The van der Waals surface area contributed by atoms with Gasteiger partial charge in [-0.25, -0.2) is 4.79 Å². The zero-order valence-corrected chi connectivity index (χ0v) is 18.2. The van der Waals surface area contributed by atoms with E-state index in [1.165, 1.54) is 0 Å². The van der Waals surface area contributed by atoms with E-state index >= 15 is 0 Å². The molecule has 6 nitrogen and oxygen atoms in total. The van der Waals surface area contributed by atoms with Crippen LogP contribution in [0.5, 0.6) is 0 Å². The lowest BCUT2D eigenvalue weighted by molar-refractivity contribution is -0.123. The van der Waals surface area contributed by atoms with Gasteiger partial charge in [0.05, 0.1) is 6.54 Å². The molecule has 3 aliphatic rings. The maximum atomic E-state index is 12.9. The number of rotatable bonds is 7. The molecule has 1 heterocycles. The zero-order chi connectivity index (χ0) is 19.8. The summed E-state index contributed by atoms with van der Waals surface area (Å²) in [7, 11) is 0. The van der Waals surface area contributed by atoms with Crippen molar-refractivity contribution in [3.05, 3.63) is 0 Å². The number of alkyl halides is 1. The van der Waals surface area contributed by atoms with Crippen molar-refractivity contribution in [1.29, 1.82) is 0 Å². The third-order valence-corrected chi connectivity index (χ3v) is 6.32. The van der Waals surface area contributed by atoms with E-state index in [2.05, 4.69) is 20.8 Å². The largest absolute Gasteiger partial charge is 0.444 e. The van der Waals surface area contributed by atoms with Gasteiger partial charge < -0.3 is 4.74 Å². The molecule has 0 radical (unpaired) electrons. The number of piperidine rings is 1. The summed E-state index contributed by atoms with van der Waals surface area (Å²) in [5.74, 6) is 0.770. The van der Waals surface area contributed by atoms with Crippen LogP contribution in [0.4, 0.5) is 4.79 Å². The van der Waals surface area contributed by atoms with Gasteiger partial charge in [-0.15, -0.1) is 0 Å².